The molecule has 9 nitrogen and oxygen atoms in total. The van der Waals surface area contributed by atoms with Gasteiger partial charge in [-0.2, -0.15) is 0 Å². The number of ether oxygens (including phenoxy) is 2. The highest BCUT2D eigenvalue weighted by atomic mass is 32.9. The zero-order valence-electron chi connectivity index (χ0n) is 19.3. The molecule has 2 aromatic carbocycles. The molecular weight excluding hydrogens is 526 g/mol. The predicted molar refractivity (Wildman–Crippen MR) is 137 cm³/mol. The van der Waals surface area contributed by atoms with Gasteiger partial charge in [-0.05, 0) is 60.0 Å². The SMILES string of the molecule is CCC(CC(=O)Cc1ccc(OC(C)=O)c(C(=O)Oc2ccc(-c3cc(=S)ss3)cc2)c1)O[N+](=O)[O-]. The Morgan fingerprint density at radius 3 is 2.36 bits per heavy atom. The van der Waals surface area contributed by atoms with Crippen molar-refractivity contribution in [2.75, 3.05) is 0 Å². The largest absolute Gasteiger partial charge is 0.426 e. The standard InChI is InChI=1S/C24H21NO8S3/c1-3-18(33-25(29)30)12-17(27)10-15-4-9-21(31-14(2)26)20(11-15)24(28)32-19-7-5-16(6-8-19)22-13-23(34)36-35-22/h4-9,11,13,18H,3,10,12H2,1-2H3. The molecule has 0 fully saturated rings. The van der Waals surface area contributed by atoms with Gasteiger partial charge in [0.25, 0.3) is 5.09 Å². The fraction of sp³-hybridized carbons (Fsp3) is 0.250. The zero-order valence-corrected chi connectivity index (χ0v) is 21.7. The summed E-state index contributed by atoms with van der Waals surface area (Å²) in [6, 6.07) is 13.1. The van der Waals surface area contributed by atoms with E-state index in [2.05, 4.69) is 4.84 Å². The molecule has 1 unspecified atom stereocenters. The van der Waals surface area contributed by atoms with Crippen molar-refractivity contribution in [3.8, 4) is 21.9 Å². The number of nitrogens with zero attached hydrogens (tertiary/aromatic N) is 1. The van der Waals surface area contributed by atoms with E-state index in [1.165, 1.54) is 35.5 Å². The molecule has 12 heteroatoms. The lowest BCUT2D eigenvalue weighted by atomic mass is 10.0. The van der Waals surface area contributed by atoms with Gasteiger partial charge in [0.1, 0.15) is 32.8 Å². The molecular formula is C24H21NO8S3. The van der Waals surface area contributed by atoms with E-state index >= 15 is 0 Å². The summed E-state index contributed by atoms with van der Waals surface area (Å²) < 4.78 is 11.4. The number of hydrogen-bond acceptors (Lipinski definition) is 11. The third kappa shape index (κ3) is 7.77. The summed E-state index contributed by atoms with van der Waals surface area (Å²) in [5.74, 6) is -1.45. The van der Waals surface area contributed by atoms with Crippen LogP contribution >= 0.6 is 32.9 Å². The van der Waals surface area contributed by atoms with Crippen LogP contribution < -0.4 is 9.47 Å². The first-order valence-corrected chi connectivity index (χ1v) is 13.3. The first-order valence-electron chi connectivity index (χ1n) is 10.7. The first kappa shape index (κ1) is 27.1. The number of hydrogen-bond donors (Lipinski definition) is 0. The maximum atomic E-state index is 13.0. The van der Waals surface area contributed by atoms with Gasteiger partial charge in [-0.25, -0.2) is 4.79 Å². The topological polar surface area (TPSA) is 122 Å². The fourth-order valence-corrected chi connectivity index (χ4v) is 5.65. The van der Waals surface area contributed by atoms with E-state index in [0.29, 0.717) is 5.56 Å². The number of rotatable bonds is 11. The van der Waals surface area contributed by atoms with Gasteiger partial charge >= 0.3 is 11.9 Å². The molecule has 0 spiro atoms. The molecule has 0 radical (unpaired) electrons. The van der Waals surface area contributed by atoms with Crippen molar-refractivity contribution >= 4 is 50.6 Å². The van der Waals surface area contributed by atoms with Gasteiger partial charge in [0.15, 0.2) is 0 Å². The number of ketones is 1. The van der Waals surface area contributed by atoms with Crippen molar-refractivity contribution in [1.82, 2.24) is 0 Å². The Bertz CT molecular complexity index is 1330. The second kappa shape index (κ2) is 12.5. The number of esters is 2. The fourth-order valence-electron chi connectivity index (χ4n) is 3.24. The zero-order chi connectivity index (χ0) is 26.2. The number of carbonyl (C=O) groups is 3. The molecule has 36 heavy (non-hydrogen) atoms. The van der Waals surface area contributed by atoms with Gasteiger partial charge in [0.2, 0.25) is 0 Å². The van der Waals surface area contributed by atoms with Crippen LogP contribution in [0.2, 0.25) is 0 Å². The van der Waals surface area contributed by atoms with E-state index in [4.69, 9.17) is 21.7 Å². The molecule has 0 amide bonds. The molecule has 1 aromatic heterocycles. The Balaban J connectivity index is 1.77. The normalized spacial score (nSPS) is 11.4. The summed E-state index contributed by atoms with van der Waals surface area (Å²) in [4.78, 5) is 53.0. The van der Waals surface area contributed by atoms with Crippen molar-refractivity contribution < 1.29 is 33.8 Å². The quantitative estimate of drug-likeness (QED) is 0.0727. The van der Waals surface area contributed by atoms with Gasteiger partial charge in [-0.15, -0.1) is 10.1 Å². The highest BCUT2D eigenvalue weighted by Crippen LogP contribution is 2.31. The van der Waals surface area contributed by atoms with Crippen LogP contribution in [-0.2, 0) is 20.8 Å². The van der Waals surface area contributed by atoms with Crippen LogP contribution in [0.15, 0.2) is 48.5 Å². The molecule has 0 bridgehead atoms. The van der Waals surface area contributed by atoms with Crippen molar-refractivity contribution in [3.05, 3.63) is 73.6 Å². The second-order valence-electron chi connectivity index (χ2n) is 7.61. The summed E-state index contributed by atoms with van der Waals surface area (Å²) in [7, 11) is 3.05. The lowest BCUT2D eigenvalue weighted by Gasteiger charge is -2.13. The molecule has 0 saturated carbocycles. The van der Waals surface area contributed by atoms with Crippen LogP contribution in [-0.4, -0.2) is 28.9 Å². The van der Waals surface area contributed by atoms with Crippen LogP contribution in [0.3, 0.4) is 0 Å². The van der Waals surface area contributed by atoms with Crippen LogP contribution in [0.4, 0.5) is 0 Å². The molecule has 3 aromatic rings. The maximum absolute atomic E-state index is 13.0. The maximum Gasteiger partial charge on any atom is 0.347 e. The Morgan fingerprint density at radius 2 is 1.78 bits per heavy atom. The predicted octanol–water partition coefficient (Wildman–Crippen LogP) is 5.84. The van der Waals surface area contributed by atoms with Crippen molar-refractivity contribution in [2.24, 2.45) is 0 Å². The minimum Gasteiger partial charge on any atom is -0.426 e. The smallest absolute Gasteiger partial charge is 0.347 e. The molecule has 0 saturated heterocycles. The van der Waals surface area contributed by atoms with Gasteiger partial charge in [0.05, 0.1) is 0 Å². The van der Waals surface area contributed by atoms with E-state index in [0.717, 1.165) is 14.3 Å². The lowest BCUT2D eigenvalue weighted by molar-refractivity contribution is -0.768. The van der Waals surface area contributed by atoms with Crippen LogP contribution in [0.1, 0.15) is 42.6 Å². The van der Waals surface area contributed by atoms with Crippen LogP contribution in [0.5, 0.6) is 11.5 Å². The Hall–Kier alpha value is -3.48. The number of carbonyl (C=O) groups excluding carboxylic acids is 3. The van der Waals surface area contributed by atoms with Gasteiger partial charge in [-0.3, -0.25) is 9.59 Å². The van der Waals surface area contributed by atoms with Gasteiger partial charge < -0.3 is 14.3 Å². The first-order chi connectivity index (χ1) is 17.1. The van der Waals surface area contributed by atoms with Gasteiger partial charge in [0, 0.05) is 24.6 Å². The Labute approximate surface area is 218 Å². The molecule has 188 valence electrons. The highest BCUT2D eigenvalue weighted by Gasteiger charge is 2.20. The van der Waals surface area contributed by atoms with Gasteiger partial charge in [-0.1, -0.05) is 45.9 Å². The highest BCUT2D eigenvalue weighted by molar-refractivity contribution is 7.80. The van der Waals surface area contributed by atoms with Crippen LogP contribution in [0.25, 0.3) is 10.4 Å². The molecule has 3 rings (SSSR count). The van der Waals surface area contributed by atoms with Crippen molar-refractivity contribution in [2.45, 2.75) is 39.2 Å². The van der Waals surface area contributed by atoms with E-state index in [1.807, 2.05) is 6.07 Å². The van der Waals surface area contributed by atoms with E-state index in [9.17, 15) is 24.5 Å². The average Bonchev–Trinajstić information content (AvgIpc) is 3.25. The molecule has 1 atom stereocenters. The monoisotopic (exact) mass is 547 g/mol. The molecule has 0 aliphatic carbocycles. The Kier molecular flexibility index (Phi) is 9.39. The second-order valence-corrected chi connectivity index (χ2v) is 10.5. The average molecular weight is 548 g/mol. The van der Waals surface area contributed by atoms with E-state index in [-0.39, 0.29) is 42.1 Å². The van der Waals surface area contributed by atoms with E-state index in [1.54, 1.807) is 41.5 Å². The molecule has 1 heterocycles. The molecule has 0 aliphatic heterocycles. The van der Waals surface area contributed by atoms with Crippen molar-refractivity contribution in [1.29, 1.82) is 0 Å². The molecule has 0 aliphatic rings. The summed E-state index contributed by atoms with van der Waals surface area (Å²) in [6.07, 6.45) is -0.823. The summed E-state index contributed by atoms with van der Waals surface area (Å²) in [6.45, 7) is 2.87. The summed E-state index contributed by atoms with van der Waals surface area (Å²) >= 11 is 5.16. The minimum absolute atomic E-state index is 0.0125. The Morgan fingerprint density at radius 1 is 1.06 bits per heavy atom. The third-order valence-electron chi connectivity index (χ3n) is 4.88. The number of benzene rings is 2. The molecule has 0 N–H and O–H groups in total. The van der Waals surface area contributed by atoms with Crippen molar-refractivity contribution in [3.63, 3.8) is 0 Å². The number of Topliss-reactive ketones (excluding diaryl/α,β-unsaturated/α-hetero) is 1. The third-order valence-corrected chi connectivity index (χ3v) is 7.79. The minimum atomic E-state index is -0.923. The van der Waals surface area contributed by atoms with Crippen LogP contribution in [0, 0.1) is 13.9 Å². The lowest BCUT2D eigenvalue weighted by Crippen LogP contribution is -2.21. The van der Waals surface area contributed by atoms with E-state index < -0.39 is 23.1 Å². The summed E-state index contributed by atoms with van der Waals surface area (Å²) in [5.41, 5.74) is 1.34. The summed E-state index contributed by atoms with van der Waals surface area (Å²) in [5, 5.41) is 9.65.